The van der Waals surface area contributed by atoms with E-state index in [1.165, 1.54) is 0 Å². The van der Waals surface area contributed by atoms with Gasteiger partial charge in [-0.1, -0.05) is 0 Å². The highest BCUT2D eigenvalue weighted by Gasteiger charge is 2.32. The van der Waals surface area contributed by atoms with E-state index in [4.69, 9.17) is 21.1 Å². The van der Waals surface area contributed by atoms with Crippen LogP contribution in [0.2, 0.25) is 0 Å². The van der Waals surface area contributed by atoms with Gasteiger partial charge in [-0.2, -0.15) is 4.98 Å². The fourth-order valence-electron chi connectivity index (χ4n) is 2.87. The summed E-state index contributed by atoms with van der Waals surface area (Å²) in [5.41, 5.74) is 1.45. The van der Waals surface area contributed by atoms with Crippen LogP contribution in [0.3, 0.4) is 0 Å². The number of rotatable bonds is 4. The van der Waals surface area contributed by atoms with Crippen molar-refractivity contribution in [1.82, 2.24) is 14.5 Å². The number of hydrogen-bond donors (Lipinski definition) is 0. The first kappa shape index (κ1) is 14.6. The molecule has 1 fully saturated rings. The van der Waals surface area contributed by atoms with E-state index in [2.05, 4.69) is 21.5 Å². The summed E-state index contributed by atoms with van der Waals surface area (Å²) in [5.74, 6) is 1.40. The minimum atomic E-state index is -0.185. The molecule has 2 aromatic heterocycles. The van der Waals surface area contributed by atoms with Crippen molar-refractivity contribution in [3.63, 3.8) is 0 Å². The fraction of sp³-hybridized carbons (Fsp3) is 0.600. The summed E-state index contributed by atoms with van der Waals surface area (Å²) in [5, 5.41) is -0.185. The first-order valence-corrected chi connectivity index (χ1v) is 7.65. The number of nitrogens with zero attached hydrogens (tertiary/aromatic N) is 3. The molecule has 2 unspecified atom stereocenters. The molecule has 0 radical (unpaired) electrons. The number of ether oxygens (including phenoxy) is 2. The molecule has 2 atom stereocenters. The molecule has 1 aliphatic heterocycles. The van der Waals surface area contributed by atoms with Crippen molar-refractivity contribution in [2.75, 3.05) is 13.7 Å². The van der Waals surface area contributed by atoms with Gasteiger partial charge in [0.05, 0.1) is 24.6 Å². The van der Waals surface area contributed by atoms with Crippen LogP contribution in [0, 0.1) is 0 Å². The van der Waals surface area contributed by atoms with E-state index >= 15 is 0 Å². The van der Waals surface area contributed by atoms with Crippen molar-refractivity contribution >= 4 is 22.8 Å². The summed E-state index contributed by atoms with van der Waals surface area (Å²) < 4.78 is 13.2. The lowest BCUT2D eigenvalue weighted by Crippen LogP contribution is -2.30. The van der Waals surface area contributed by atoms with E-state index in [0.717, 1.165) is 36.4 Å². The highest BCUT2D eigenvalue weighted by atomic mass is 35.5. The van der Waals surface area contributed by atoms with Gasteiger partial charge in [-0.05, 0) is 32.8 Å². The second-order valence-electron chi connectivity index (χ2n) is 5.77. The Hall–Kier alpha value is -1.33. The molecule has 3 rings (SSSR count). The van der Waals surface area contributed by atoms with Crippen molar-refractivity contribution in [3.8, 4) is 5.88 Å². The van der Waals surface area contributed by atoms with Crippen LogP contribution in [-0.2, 0) is 11.3 Å². The van der Waals surface area contributed by atoms with Gasteiger partial charge in [0.15, 0.2) is 5.65 Å². The number of hydrogen-bond acceptors (Lipinski definition) is 4. The Morgan fingerprint density at radius 3 is 2.90 bits per heavy atom. The Kier molecular flexibility index (Phi) is 3.80. The third kappa shape index (κ3) is 2.72. The first-order chi connectivity index (χ1) is 10.0. The maximum Gasteiger partial charge on any atom is 0.215 e. The number of pyridine rings is 1. The van der Waals surface area contributed by atoms with Crippen LogP contribution in [0.4, 0.5) is 0 Å². The van der Waals surface area contributed by atoms with E-state index in [0.29, 0.717) is 12.4 Å². The Labute approximate surface area is 129 Å². The van der Waals surface area contributed by atoms with Gasteiger partial charge in [0.2, 0.25) is 5.88 Å². The van der Waals surface area contributed by atoms with Crippen LogP contribution in [0.1, 0.15) is 37.9 Å². The third-order valence-electron chi connectivity index (χ3n) is 3.95. The van der Waals surface area contributed by atoms with E-state index in [-0.39, 0.29) is 11.0 Å². The summed E-state index contributed by atoms with van der Waals surface area (Å²) in [6.45, 7) is 5.57. The average Bonchev–Trinajstić information content (AvgIpc) is 3.03. The number of imidazole rings is 1. The Morgan fingerprint density at radius 2 is 2.29 bits per heavy atom. The number of alkyl halides is 1. The molecule has 2 aromatic rings. The monoisotopic (exact) mass is 309 g/mol. The average molecular weight is 310 g/mol. The summed E-state index contributed by atoms with van der Waals surface area (Å²) in [6.07, 6.45) is 2.12. The number of fused-ring (bicyclic) bond motifs is 1. The fourth-order valence-corrected chi connectivity index (χ4v) is 3.04. The topological polar surface area (TPSA) is 49.2 Å². The summed E-state index contributed by atoms with van der Waals surface area (Å²) in [4.78, 5) is 9.15. The lowest BCUT2D eigenvalue weighted by molar-refractivity contribution is 0.00637. The SMILES string of the molecule is COc1ccc2nc(C(C)Cl)n(CC3(C)CCCO3)c2n1. The minimum Gasteiger partial charge on any atom is -0.481 e. The quantitative estimate of drug-likeness (QED) is 0.813. The van der Waals surface area contributed by atoms with Gasteiger partial charge < -0.3 is 14.0 Å². The summed E-state index contributed by atoms with van der Waals surface area (Å²) in [6, 6.07) is 3.73. The smallest absolute Gasteiger partial charge is 0.215 e. The Bertz CT molecular complexity index is 648. The molecule has 0 saturated carbocycles. The molecule has 114 valence electrons. The van der Waals surface area contributed by atoms with Crippen LogP contribution < -0.4 is 4.74 Å². The van der Waals surface area contributed by atoms with Crippen LogP contribution in [0.15, 0.2) is 12.1 Å². The first-order valence-electron chi connectivity index (χ1n) is 7.22. The zero-order valence-electron chi connectivity index (χ0n) is 12.6. The molecule has 21 heavy (non-hydrogen) atoms. The van der Waals surface area contributed by atoms with Crippen LogP contribution >= 0.6 is 11.6 Å². The molecule has 0 amide bonds. The molecule has 6 heteroatoms. The van der Waals surface area contributed by atoms with E-state index < -0.39 is 0 Å². The van der Waals surface area contributed by atoms with Crippen molar-refractivity contribution in [2.24, 2.45) is 0 Å². The summed E-state index contributed by atoms with van der Waals surface area (Å²) in [7, 11) is 1.61. The lowest BCUT2D eigenvalue weighted by atomic mass is 10.0. The van der Waals surface area contributed by atoms with Crippen LogP contribution in [0.5, 0.6) is 5.88 Å². The predicted octanol–water partition coefficient (Wildman–Crippen LogP) is 3.31. The van der Waals surface area contributed by atoms with Gasteiger partial charge >= 0.3 is 0 Å². The molecular formula is C15H20ClN3O2. The summed E-state index contributed by atoms with van der Waals surface area (Å²) >= 11 is 6.30. The Balaban J connectivity index is 2.10. The molecule has 1 aliphatic rings. The molecule has 0 N–H and O–H groups in total. The van der Waals surface area contributed by atoms with Crippen molar-refractivity contribution in [1.29, 1.82) is 0 Å². The van der Waals surface area contributed by atoms with Crippen molar-refractivity contribution < 1.29 is 9.47 Å². The largest absolute Gasteiger partial charge is 0.481 e. The highest BCUT2D eigenvalue weighted by molar-refractivity contribution is 6.20. The maximum absolute atomic E-state index is 6.30. The Morgan fingerprint density at radius 1 is 1.48 bits per heavy atom. The van der Waals surface area contributed by atoms with Crippen molar-refractivity contribution in [3.05, 3.63) is 18.0 Å². The molecule has 1 saturated heterocycles. The number of methoxy groups -OCH3 is 1. The third-order valence-corrected chi connectivity index (χ3v) is 4.15. The lowest BCUT2D eigenvalue weighted by Gasteiger charge is -2.25. The molecule has 5 nitrogen and oxygen atoms in total. The van der Waals surface area contributed by atoms with Gasteiger partial charge in [0.1, 0.15) is 11.3 Å². The highest BCUT2D eigenvalue weighted by Crippen LogP contribution is 2.31. The second-order valence-corrected chi connectivity index (χ2v) is 6.43. The van der Waals surface area contributed by atoms with Gasteiger partial charge in [0.25, 0.3) is 0 Å². The normalized spacial score (nSPS) is 23.6. The maximum atomic E-state index is 6.30. The van der Waals surface area contributed by atoms with Gasteiger partial charge in [-0.3, -0.25) is 0 Å². The molecular weight excluding hydrogens is 290 g/mol. The van der Waals surface area contributed by atoms with Gasteiger partial charge in [-0.15, -0.1) is 11.6 Å². The van der Waals surface area contributed by atoms with Gasteiger partial charge in [-0.25, -0.2) is 4.98 Å². The zero-order chi connectivity index (χ0) is 15.0. The van der Waals surface area contributed by atoms with Crippen LogP contribution in [0.25, 0.3) is 11.2 Å². The zero-order valence-corrected chi connectivity index (χ0v) is 13.4. The molecule has 0 aliphatic carbocycles. The molecule has 0 aromatic carbocycles. The number of halogens is 1. The second kappa shape index (κ2) is 5.46. The van der Waals surface area contributed by atoms with E-state index in [9.17, 15) is 0 Å². The molecule has 0 bridgehead atoms. The van der Waals surface area contributed by atoms with Crippen molar-refractivity contribution in [2.45, 2.75) is 44.2 Å². The standard InChI is InChI=1S/C15H20ClN3O2/c1-10(16)13-17-11-5-6-12(20-3)18-14(11)19(13)9-15(2)7-4-8-21-15/h5-6,10H,4,7-9H2,1-3H3. The number of aromatic nitrogens is 3. The van der Waals surface area contributed by atoms with E-state index in [1.807, 2.05) is 19.1 Å². The van der Waals surface area contributed by atoms with Crippen LogP contribution in [-0.4, -0.2) is 33.9 Å². The van der Waals surface area contributed by atoms with Gasteiger partial charge in [0, 0.05) is 12.7 Å². The molecule has 0 spiro atoms. The predicted molar refractivity (Wildman–Crippen MR) is 81.9 cm³/mol. The molecule has 3 heterocycles. The minimum absolute atomic E-state index is 0.182. The van der Waals surface area contributed by atoms with E-state index in [1.54, 1.807) is 7.11 Å².